The molecule has 0 saturated carbocycles. The van der Waals surface area contributed by atoms with Gasteiger partial charge in [0, 0.05) is 6.21 Å². The minimum Gasteiger partial charge on any atom is -0.234 e. The van der Waals surface area contributed by atoms with Crippen LogP contribution < -0.4 is 0 Å². The van der Waals surface area contributed by atoms with Gasteiger partial charge in [0.05, 0.1) is 4.75 Å². The van der Waals surface area contributed by atoms with Crippen LogP contribution >= 0.6 is 0 Å². The fourth-order valence-electron chi connectivity index (χ4n) is 0.764. The van der Waals surface area contributed by atoms with Crippen molar-refractivity contribution in [3.05, 3.63) is 0 Å². The van der Waals surface area contributed by atoms with Crippen LogP contribution in [0.4, 0.5) is 0 Å². The average molecular weight is 203 g/mol. The molecule has 0 bridgehead atoms. The van der Waals surface area contributed by atoms with Crippen LogP contribution in [0.5, 0.6) is 0 Å². The predicted octanol–water partition coefficient (Wildman–Crippen LogP) is 3.10. The molecular formula is C10H21NOS. The number of nitrogens with zero attached hydrogens (tertiary/aromatic N) is 1. The van der Waals surface area contributed by atoms with Crippen LogP contribution in [0.3, 0.4) is 0 Å². The molecule has 78 valence electrons. The van der Waals surface area contributed by atoms with E-state index in [1.54, 1.807) is 6.21 Å². The minimum atomic E-state index is -1.07. The van der Waals surface area contributed by atoms with Crippen LogP contribution in [-0.2, 0) is 11.0 Å². The fourth-order valence-corrected chi connectivity index (χ4v) is 1.32. The first-order valence-corrected chi connectivity index (χ1v) is 6.03. The summed E-state index contributed by atoms with van der Waals surface area (Å²) in [6.07, 6.45) is 6.36. The molecule has 0 heterocycles. The molecular weight excluding hydrogens is 182 g/mol. The van der Waals surface area contributed by atoms with Crippen molar-refractivity contribution >= 4 is 17.2 Å². The van der Waals surface area contributed by atoms with Crippen molar-refractivity contribution in [3.8, 4) is 0 Å². The maximum atomic E-state index is 11.4. The zero-order valence-electron chi connectivity index (χ0n) is 9.17. The summed E-state index contributed by atoms with van der Waals surface area (Å²) in [4.78, 5) is 0. The summed E-state index contributed by atoms with van der Waals surface area (Å²) in [6, 6.07) is 0. The number of unbranched alkanes of at least 4 members (excludes halogenated alkanes) is 3. The van der Waals surface area contributed by atoms with E-state index < -0.39 is 11.0 Å². The Morgan fingerprint density at radius 1 is 1.31 bits per heavy atom. The Morgan fingerprint density at radius 2 is 1.92 bits per heavy atom. The van der Waals surface area contributed by atoms with Crippen molar-refractivity contribution in [2.75, 3.05) is 0 Å². The van der Waals surface area contributed by atoms with Gasteiger partial charge in [-0.25, -0.2) is 4.21 Å². The predicted molar refractivity (Wildman–Crippen MR) is 60.5 cm³/mol. The zero-order valence-corrected chi connectivity index (χ0v) is 9.99. The van der Waals surface area contributed by atoms with E-state index in [1.165, 1.54) is 12.8 Å². The summed E-state index contributed by atoms with van der Waals surface area (Å²) in [5.74, 6) is 0. The van der Waals surface area contributed by atoms with Crippen LogP contribution in [0, 0.1) is 0 Å². The van der Waals surface area contributed by atoms with E-state index in [2.05, 4.69) is 11.3 Å². The fraction of sp³-hybridized carbons (Fsp3) is 0.900. The molecule has 0 aliphatic heterocycles. The molecule has 2 nitrogen and oxygen atoms in total. The van der Waals surface area contributed by atoms with Crippen molar-refractivity contribution in [1.29, 1.82) is 0 Å². The molecule has 0 aromatic rings. The van der Waals surface area contributed by atoms with Crippen LogP contribution in [0.15, 0.2) is 4.40 Å². The number of hydrogen-bond donors (Lipinski definition) is 0. The van der Waals surface area contributed by atoms with Crippen molar-refractivity contribution in [3.63, 3.8) is 0 Å². The van der Waals surface area contributed by atoms with Crippen LogP contribution in [0.25, 0.3) is 0 Å². The van der Waals surface area contributed by atoms with Crippen LogP contribution in [-0.4, -0.2) is 15.2 Å². The van der Waals surface area contributed by atoms with Crippen molar-refractivity contribution in [1.82, 2.24) is 0 Å². The normalized spacial score (nSPS) is 15.1. The van der Waals surface area contributed by atoms with E-state index in [4.69, 9.17) is 0 Å². The first kappa shape index (κ1) is 12.8. The lowest BCUT2D eigenvalue weighted by Crippen LogP contribution is -2.19. The third-order valence-corrected chi connectivity index (χ3v) is 3.02. The Balaban J connectivity index is 3.67. The molecule has 0 rings (SSSR count). The SMILES string of the molecule is CCCCC/C=N/[S@](=O)C(C)(C)C. The molecule has 0 radical (unpaired) electrons. The molecule has 0 N–H and O–H groups in total. The maximum absolute atomic E-state index is 11.4. The largest absolute Gasteiger partial charge is 0.234 e. The van der Waals surface area contributed by atoms with Crippen LogP contribution in [0.2, 0.25) is 0 Å². The van der Waals surface area contributed by atoms with Gasteiger partial charge in [-0.1, -0.05) is 19.8 Å². The van der Waals surface area contributed by atoms with Gasteiger partial charge in [0.15, 0.2) is 0 Å². The van der Waals surface area contributed by atoms with Crippen LogP contribution in [0.1, 0.15) is 53.4 Å². The second kappa shape index (κ2) is 6.30. The summed E-state index contributed by atoms with van der Waals surface area (Å²) in [5.41, 5.74) is 0. The molecule has 0 spiro atoms. The van der Waals surface area contributed by atoms with Gasteiger partial charge in [-0.15, -0.1) is 0 Å². The third kappa shape index (κ3) is 6.94. The molecule has 13 heavy (non-hydrogen) atoms. The summed E-state index contributed by atoms with van der Waals surface area (Å²) in [6.45, 7) is 7.98. The molecule has 0 aliphatic carbocycles. The first-order chi connectivity index (χ1) is 5.98. The third-order valence-electron chi connectivity index (χ3n) is 1.63. The van der Waals surface area contributed by atoms with Gasteiger partial charge in [0.1, 0.15) is 11.0 Å². The van der Waals surface area contributed by atoms with E-state index in [-0.39, 0.29) is 4.75 Å². The minimum absolute atomic E-state index is 0.221. The lowest BCUT2D eigenvalue weighted by molar-refractivity contribution is 0.650. The topological polar surface area (TPSA) is 29.4 Å². The Labute approximate surface area is 84.4 Å². The Bertz CT molecular complexity index is 182. The molecule has 3 heteroatoms. The standard InChI is InChI=1S/C10H21NOS/c1-5-6-7-8-9-11-13(12)10(2,3)4/h9H,5-8H2,1-4H3/b11-9+/t13-/m1/s1. The molecule has 0 aliphatic rings. The van der Waals surface area contributed by atoms with E-state index in [0.717, 1.165) is 12.8 Å². The molecule has 0 unspecified atom stereocenters. The summed E-state index contributed by atoms with van der Waals surface area (Å²) >= 11 is 0. The molecule has 0 saturated heterocycles. The highest BCUT2D eigenvalue weighted by Gasteiger charge is 2.17. The van der Waals surface area contributed by atoms with Gasteiger partial charge in [-0.2, -0.15) is 4.40 Å². The lowest BCUT2D eigenvalue weighted by atomic mass is 10.2. The molecule has 1 atom stereocenters. The van der Waals surface area contributed by atoms with Gasteiger partial charge in [-0.05, 0) is 33.6 Å². The molecule has 0 amide bonds. The van der Waals surface area contributed by atoms with Crippen molar-refractivity contribution < 1.29 is 4.21 Å². The zero-order chi connectivity index (χ0) is 10.3. The summed E-state index contributed by atoms with van der Waals surface area (Å²) in [7, 11) is -1.07. The number of hydrogen-bond acceptors (Lipinski definition) is 1. The highest BCUT2D eigenvalue weighted by atomic mass is 32.2. The average Bonchev–Trinajstić information content (AvgIpc) is 2.02. The Hall–Kier alpha value is -0.180. The first-order valence-electron chi connectivity index (χ1n) is 4.93. The van der Waals surface area contributed by atoms with Gasteiger partial charge in [0.2, 0.25) is 0 Å². The van der Waals surface area contributed by atoms with E-state index in [9.17, 15) is 4.21 Å². The highest BCUT2D eigenvalue weighted by molar-refractivity contribution is 7.85. The van der Waals surface area contributed by atoms with E-state index >= 15 is 0 Å². The molecule has 0 fully saturated rings. The van der Waals surface area contributed by atoms with Crippen molar-refractivity contribution in [2.45, 2.75) is 58.1 Å². The summed E-state index contributed by atoms with van der Waals surface area (Å²) < 4.78 is 15.2. The monoisotopic (exact) mass is 203 g/mol. The van der Waals surface area contributed by atoms with E-state index in [0.29, 0.717) is 0 Å². The van der Waals surface area contributed by atoms with Gasteiger partial charge >= 0.3 is 0 Å². The number of rotatable bonds is 5. The second-order valence-corrected chi connectivity index (χ2v) is 6.08. The van der Waals surface area contributed by atoms with Gasteiger partial charge in [0.25, 0.3) is 0 Å². The van der Waals surface area contributed by atoms with Gasteiger partial charge < -0.3 is 0 Å². The van der Waals surface area contributed by atoms with Gasteiger partial charge in [-0.3, -0.25) is 0 Å². The second-order valence-electron chi connectivity index (χ2n) is 4.15. The highest BCUT2D eigenvalue weighted by Crippen LogP contribution is 2.11. The molecule has 0 aromatic carbocycles. The smallest absolute Gasteiger partial charge is 0.144 e. The molecule has 0 aromatic heterocycles. The van der Waals surface area contributed by atoms with E-state index in [1.807, 2.05) is 20.8 Å². The lowest BCUT2D eigenvalue weighted by Gasteiger charge is -2.12. The van der Waals surface area contributed by atoms with Crippen molar-refractivity contribution in [2.24, 2.45) is 4.40 Å². The Morgan fingerprint density at radius 3 is 2.38 bits per heavy atom. The quantitative estimate of drug-likeness (QED) is 0.498. The summed E-state index contributed by atoms with van der Waals surface area (Å²) in [5, 5.41) is 0. The maximum Gasteiger partial charge on any atom is 0.144 e. The Kier molecular flexibility index (Phi) is 6.21.